The lowest BCUT2D eigenvalue weighted by molar-refractivity contribution is 0.102. The minimum absolute atomic E-state index is 0.143. The van der Waals surface area contributed by atoms with Gasteiger partial charge in [-0.1, -0.05) is 48.8 Å². The van der Waals surface area contributed by atoms with Crippen molar-refractivity contribution in [3.63, 3.8) is 0 Å². The van der Waals surface area contributed by atoms with Crippen LogP contribution >= 0.6 is 23.1 Å². The summed E-state index contributed by atoms with van der Waals surface area (Å²) < 4.78 is 27.2. The number of aryl methyl sites for hydroxylation is 1. The van der Waals surface area contributed by atoms with Gasteiger partial charge in [0.05, 0.1) is 0 Å². The van der Waals surface area contributed by atoms with Gasteiger partial charge in [0.15, 0.2) is 0 Å². The molecule has 1 heterocycles. The monoisotopic (exact) mass is 440 g/mol. The normalized spacial score (nSPS) is 15.5. The molecular weight excluding hydrogens is 416 g/mol. The zero-order valence-corrected chi connectivity index (χ0v) is 18.1. The van der Waals surface area contributed by atoms with Crippen LogP contribution in [0.15, 0.2) is 28.6 Å². The van der Waals surface area contributed by atoms with E-state index in [1.807, 2.05) is 30.8 Å². The average molecular weight is 441 g/mol. The maximum Gasteiger partial charge on any atom is 0.269 e. The second-order valence-electron chi connectivity index (χ2n) is 6.67. The van der Waals surface area contributed by atoms with Crippen molar-refractivity contribution >= 4 is 44.2 Å². The number of aromatic nitrogens is 2. The Hall–Kier alpha value is -1.49. The Balaban J connectivity index is 1.51. The summed E-state index contributed by atoms with van der Waals surface area (Å²) in [4.78, 5) is 12.3. The number of anilines is 1. The minimum atomic E-state index is -3.72. The summed E-state index contributed by atoms with van der Waals surface area (Å²) in [7, 11) is -3.72. The summed E-state index contributed by atoms with van der Waals surface area (Å²) in [5.74, 6) is 0.398. The number of rotatable bonds is 8. The van der Waals surface area contributed by atoms with Crippen molar-refractivity contribution in [2.24, 2.45) is 0 Å². The van der Waals surface area contributed by atoms with Gasteiger partial charge in [0.2, 0.25) is 9.47 Å². The van der Waals surface area contributed by atoms with Gasteiger partial charge in [0.1, 0.15) is 0 Å². The molecule has 1 amide bonds. The fraction of sp³-hybridized carbons (Fsp3) is 0.500. The molecule has 1 aromatic carbocycles. The maximum absolute atomic E-state index is 12.4. The fourth-order valence-corrected chi connectivity index (χ4v) is 6.37. The number of thioether (sulfide) groups is 1. The molecule has 2 aromatic rings. The van der Waals surface area contributed by atoms with Crippen LogP contribution in [0.2, 0.25) is 0 Å². The second kappa shape index (κ2) is 9.82. The number of hydrogen-bond donors (Lipinski definition) is 2. The van der Waals surface area contributed by atoms with Crippen LogP contribution in [-0.4, -0.2) is 42.1 Å². The lowest BCUT2D eigenvalue weighted by Gasteiger charge is -2.20. The number of sulfonamides is 1. The third-order valence-corrected chi connectivity index (χ3v) is 8.60. The number of nitrogens with one attached hydrogen (secondary N) is 2. The van der Waals surface area contributed by atoms with E-state index in [0.717, 1.165) is 22.7 Å². The smallest absolute Gasteiger partial charge is 0.269 e. The molecule has 1 saturated carbocycles. The molecule has 1 aliphatic carbocycles. The highest BCUT2D eigenvalue weighted by atomic mass is 32.2. The molecule has 7 nitrogen and oxygen atoms in total. The number of amides is 1. The first-order chi connectivity index (χ1) is 13.5. The van der Waals surface area contributed by atoms with Gasteiger partial charge >= 0.3 is 0 Å². The van der Waals surface area contributed by atoms with E-state index in [9.17, 15) is 13.2 Å². The zero-order valence-electron chi connectivity index (χ0n) is 15.7. The predicted octanol–water partition coefficient (Wildman–Crippen LogP) is 3.44. The standard InChI is InChI=1S/C18H24N4O3S3/c1-13-7-5-6-10-15(13)16(23)20-17-21-22-18(27-17)28(24,25)19-11-12-26-14-8-3-2-4-9-14/h5-7,10,14,19H,2-4,8-9,11-12H2,1H3,(H,20,21,23). The van der Waals surface area contributed by atoms with Crippen molar-refractivity contribution in [3.05, 3.63) is 35.4 Å². The lowest BCUT2D eigenvalue weighted by atomic mass is 10.0. The first-order valence-electron chi connectivity index (χ1n) is 9.27. The summed E-state index contributed by atoms with van der Waals surface area (Å²) in [5, 5.41) is 10.9. The molecule has 28 heavy (non-hydrogen) atoms. The Bertz CT molecular complexity index is 908. The number of carbonyl (C=O) groups is 1. The Labute approximate surface area is 173 Å². The molecule has 0 spiro atoms. The van der Waals surface area contributed by atoms with E-state index in [-0.39, 0.29) is 15.4 Å². The highest BCUT2D eigenvalue weighted by molar-refractivity contribution is 8.00. The summed E-state index contributed by atoms with van der Waals surface area (Å²) in [6.07, 6.45) is 6.29. The largest absolute Gasteiger partial charge is 0.296 e. The van der Waals surface area contributed by atoms with Crippen LogP contribution in [-0.2, 0) is 10.0 Å². The van der Waals surface area contributed by atoms with Gasteiger partial charge in [-0.05, 0) is 31.4 Å². The molecular formula is C18H24N4O3S3. The van der Waals surface area contributed by atoms with E-state index < -0.39 is 10.0 Å². The van der Waals surface area contributed by atoms with Crippen LogP contribution < -0.4 is 10.0 Å². The van der Waals surface area contributed by atoms with Crippen LogP contribution in [0.25, 0.3) is 0 Å². The first-order valence-corrected chi connectivity index (χ1v) is 12.6. The lowest BCUT2D eigenvalue weighted by Crippen LogP contribution is -2.26. The van der Waals surface area contributed by atoms with Crippen molar-refractivity contribution in [3.8, 4) is 0 Å². The van der Waals surface area contributed by atoms with Gasteiger partial charge in [-0.25, -0.2) is 13.1 Å². The summed E-state index contributed by atoms with van der Waals surface area (Å²) in [5.41, 5.74) is 1.34. The zero-order chi connectivity index (χ0) is 20.0. The van der Waals surface area contributed by atoms with Gasteiger partial charge in [-0.3, -0.25) is 10.1 Å². The molecule has 0 saturated heterocycles. The molecule has 10 heteroatoms. The Kier molecular flexibility index (Phi) is 7.44. The molecule has 152 valence electrons. The van der Waals surface area contributed by atoms with E-state index in [4.69, 9.17) is 0 Å². The topological polar surface area (TPSA) is 101 Å². The Morgan fingerprint density at radius 2 is 1.96 bits per heavy atom. The Morgan fingerprint density at radius 1 is 1.21 bits per heavy atom. The van der Waals surface area contributed by atoms with Crippen molar-refractivity contribution < 1.29 is 13.2 Å². The molecule has 3 rings (SSSR count). The van der Waals surface area contributed by atoms with Crippen molar-refractivity contribution in [1.29, 1.82) is 0 Å². The van der Waals surface area contributed by atoms with Gasteiger partial charge in [0.25, 0.3) is 15.9 Å². The van der Waals surface area contributed by atoms with Crippen molar-refractivity contribution in [1.82, 2.24) is 14.9 Å². The molecule has 0 bridgehead atoms. The maximum atomic E-state index is 12.4. The van der Waals surface area contributed by atoms with E-state index in [1.54, 1.807) is 12.1 Å². The molecule has 0 aliphatic heterocycles. The third-order valence-electron chi connectivity index (χ3n) is 4.55. The second-order valence-corrected chi connectivity index (χ2v) is 11.0. The number of benzene rings is 1. The molecule has 0 atom stereocenters. The summed E-state index contributed by atoms with van der Waals surface area (Å²) in [6.45, 7) is 2.19. The van der Waals surface area contributed by atoms with Gasteiger partial charge < -0.3 is 0 Å². The molecule has 0 radical (unpaired) electrons. The van der Waals surface area contributed by atoms with E-state index >= 15 is 0 Å². The van der Waals surface area contributed by atoms with Gasteiger partial charge in [-0.2, -0.15) is 11.8 Å². The van der Waals surface area contributed by atoms with Crippen LogP contribution in [0.3, 0.4) is 0 Å². The highest BCUT2D eigenvalue weighted by Gasteiger charge is 2.21. The first kappa shape index (κ1) is 21.2. The van der Waals surface area contributed by atoms with Gasteiger partial charge in [0, 0.05) is 23.1 Å². The molecule has 1 aliphatic rings. The average Bonchev–Trinajstić information content (AvgIpc) is 3.16. The predicted molar refractivity (Wildman–Crippen MR) is 114 cm³/mol. The summed E-state index contributed by atoms with van der Waals surface area (Å²) >= 11 is 2.67. The molecule has 0 unspecified atom stereocenters. The fourth-order valence-electron chi connectivity index (χ4n) is 3.06. The van der Waals surface area contributed by atoms with Gasteiger partial charge in [-0.15, -0.1) is 10.2 Å². The molecule has 1 fully saturated rings. The van der Waals surface area contributed by atoms with E-state index in [0.29, 0.717) is 17.4 Å². The van der Waals surface area contributed by atoms with Crippen molar-refractivity contribution in [2.45, 2.75) is 48.6 Å². The third kappa shape index (κ3) is 5.76. The Morgan fingerprint density at radius 3 is 2.71 bits per heavy atom. The van der Waals surface area contributed by atoms with Crippen LogP contribution in [0.5, 0.6) is 0 Å². The summed E-state index contributed by atoms with van der Waals surface area (Å²) in [6, 6.07) is 7.15. The highest BCUT2D eigenvalue weighted by Crippen LogP contribution is 2.28. The number of hydrogen-bond acceptors (Lipinski definition) is 7. The van der Waals surface area contributed by atoms with E-state index in [1.165, 1.54) is 32.1 Å². The van der Waals surface area contributed by atoms with Crippen LogP contribution in [0.4, 0.5) is 5.13 Å². The van der Waals surface area contributed by atoms with E-state index in [2.05, 4.69) is 20.2 Å². The minimum Gasteiger partial charge on any atom is -0.296 e. The molecule has 1 aromatic heterocycles. The quantitative estimate of drug-likeness (QED) is 0.482. The van der Waals surface area contributed by atoms with Crippen molar-refractivity contribution in [2.75, 3.05) is 17.6 Å². The SMILES string of the molecule is Cc1ccccc1C(=O)Nc1nnc(S(=O)(=O)NCCSC2CCCCC2)s1. The number of carbonyl (C=O) groups excluding carboxylic acids is 1. The van der Waals surface area contributed by atoms with Crippen LogP contribution in [0, 0.1) is 6.92 Å². The van der Waals surface area contributed by atoms with Crippen LogP contribution in [0.1, 0.15) is 48.0 Å². The molecule has 2 N–H and O–H groups in total. The number of nitrogens with zero attached hydrogens (tertiary/aromatic N) is 2.